The Morgan fingerprint density at radius 3 is 1.19 bits per heavy atom. The zero-order chi connectivity index (χ0) is 19.6. The van der Waals surface area contributed by atoms with E-state index in [9.17, 15) is 23.1 Å². The van der Waals surface area contributed by atoms with Gasteiger partial charge in [0.15, 0.2) is 0 Å². The molecule has 0 aliphatic rings. The standard InChI is InChI=1S/C16H32O2.C2HF3O2.Ni/c1-2-3-4-5-6-7-8-9-10-11-12-13-14-15-16(17)18;3-2(4,5)1(6)7;/h2-15H2,1H3,(H,17,18);(H,6,7);/q;;+2/p-2. The number of carboxylic acids is 2. The predicted molar refractivity (Wildman–Crippen MR) is 86.4 cm³/mol. The molecule has 26 heavy (non-hydrogen) atoms. The van der Waals surface area contributed by atoms with E-state index in [0.29, 0.717) is 0 Å². The van der Waals surface area contributed by atoms with Gasteiger partial charge in [0.25, 0.3) is 0 Å². The molecule has 158 valence electrons. The van der Waals surface area contributed by atoms with Crippen molar-refractivity contribution < 1.29 is 49.5 Å². The van der Waals surface area contributed by atoms with E-state index in [1.54, 1.807) is 0 Å². The molecule has 0 bridgehead atoms. The monoisotopic (exact) mass is 426 g/mol. The van der Waals surface area contributed by atoms with Crippen LogP contribution in [0.1, 0.15) is 96.8 Å². The number of aliphatic carboxylic acids is 2. The van der Waals surface area contributed by atoms with Gasteiger partial charge in [-0.05, 0) is 12.8 Å². The molecule has 0 saturated carbocycles. The Balaban J connectivity index is -0.000000561. The summed E-state index contributed by atoms with van der Waals surface area (Å²) < 4.78 is 31.5. The summed E-state index contributed by atoms with van der Waals surface area (Å²) in [5.74, 6) is -3.91. The first-order valence-electron chi connectivity index (χ1n) is 9.19. The van der Waals surface area contributed by atoms with Gasteiger partial charge in [0.1, 0.15) is 5.97 Å². The maximum Gasteiger partial charge on any atom is 2.00 e. The molecule has 0 aromatic heterocycles. The quantitative estimate of drug-likeness (QED) is 0.314. The minimum Gasteiger partial charge on any atom is -0.550 e. The van der Waals surface area contributed by atoms with Gasteiger partial charge in [0.05, 0.1) is 0 Å². The second-order valence-electron chi connectivity index (χ2n) is 6.15. The number of halogens is 3. The minimum atomic E-state index is -5.19. The third-order valence-corrected chi connectivity index (χ3v) is 3.72. The summed E-state index contributed by atoms with van der Waals surface area (Å²) in [6.07, 6.45) is 11.7. The van der Waals surface area contributed by atoms with Crippen molar-refractivity contribution in [3.63, 3.8) is 0 Å². The number of hydrogen-bond donors (Lipinski definition) is 0. The van der Waals surface area contributed by atoms with Crippen molar-refractivity contribution in [1.29, 1.82) is 0 Å². The van der Waals surface area contributed by atoms with E-state index in [1.165, 1.54) is 70.6 Å². The van der Waals surface area contributed by atoms with Gasteiger partial charge in [-0.1, -0.05) is 84.0 Å². The topological polar surface area (TPSA) is 80.3 Å². The molecule has 0 aromatic rings. The predicted octanol–water partition coefficient (Wildman–Crippen LogP) is 3.51. The van der Waals surface area contributed by atoms with Crippen LogP contribution in [0.25, 0.3) is 0 Å². The van der Waals surface area contributed by atoms with Crippen LogP contribution in [0.3, 0.4) is 0 Å². The van der Waals surface area contributed by atoms with Gasteiger partial charge >= 0.3 is 22.7 Å². The van der Waals surface area contributed by atoms with Gasteiger partial charge in [-0.25, -0.2) is 0 Å². The van der Waals surface area contributed by atoms with Crippen molar-refractivity contribution in [2.45, 2.75) is 103 Å². The molecule has 0 radical (unpaired) electrons. The van der Waals surface area contributed by atoms with Crippen molar-refractivity contribution in [3.05, 3.63) is 0 Å². The molecule has 0 unspecified atom stereocenters. The van der Waals surface area contributed by atoms with E-state index in [0.717, 1.165) is 12.8 Å². The molecule has 4 nitrogen and oxygen atoms in total. The molecule has 0 fully saturated rings. The Bertz CT molecular complexity index is 337. The van der Waals surface area contributed by atoms with Crippen LogP contribution >= 0.6 is 0 Å². The molecule has 0 amide bonds. The van der Waals surface area contributed by atoms with E-state index in [2.05, 4.69) is 6.92 Å². The van der Waals surface area contributed by atoms with Crippen LogP contribution in [-0.4, -0.2) is 18.1 Å². The summed E-state index contributed by atoms with van der Waals surface area (Å²) in [7, 11) is 0. The fourth-order valence-corrected chi connectivity index (χ4v) is 2.29. The Morgan fingerprint density at radius 1 is 0.692 bits per heavy atom. The van der Waals surface area contributed by atoms with Gasteiger partial charge in [-0.15, -0.1) is 0 Å². The van der Waals surface area contributed by atoms with Gasteiger partial charge in [0.2, 0.25) is 0 Å². The third-order valence-electron chi connectivity index (χ3n) is 3.72. The molecular formula is C18H31F3NiO4. The molecule has 8 heteroatoms. The van der Waals surface area contributed by atoms with Gasteiger partial charge in [-0.3, -0.25) is 0 Å². The van der Waals surface area contributed by atoms with Crippen molar-refractivity contribution >= 4 is 11.9 Å². The smallest absolute Gasteiger partial charge is 0.550 e. The first-order chi connectivity index (χ1) is 11.7. The SMILES string of the molecule is CCCCCCCCCCCCCCCC(=O)[O-].O=C([O-])C(F)(F)F.[Ni+2]. The second-order valence-corrected chi connectivity index (χ2v) is 6.15. The Labute approximate surface area is 164 Å². The third kappa shape index (κ3) is 28.0. The Hall–Kier alpha value is -0.776. The fraction of sp³-hybridized carbons (Fsp3) is 0.889. The Morgan fingerprint density at radius 2 is 0.962 bits per heavy atom. The van der Waals surface area contributed by atoms with Gasteiger partial charge in [-0.2, -0.15) is 13.2 Å². The molecule has 0 spiro atoms. The number of carbonyl (C=O) groups is 2. The molecule has 0 aliphatic heterocycles. The first kappa shape index (κ1) is 30.0. The first-order valence-corrected chi connectivity index (χ1v) is 9.19. The van der Waals surface area contributed by atoms with Gasteiger partial charge < -0.3 is 19.8 Å². The summed E-state index contributed by atoms with van der Waals surface area (Å²) >= 11 is 0. The van der Waals surface area contributed by atoms with Crippen molar-refractivity contribution in [1.82, 2.24) is 0 Å². The van der Waals surface area contributed by atoms with Crippen LogP contribution in [0.15, 0.2) is 0 Å². The molecule has 0 rings (SSSR count). The number of hydrogen-bond acceptors (Lipinski definition) is 4. The number of alkyl halides is 3. The number of carbonyl (C=O) groups excluding carboxylic acids is 2. The maximum absolute atomic E-state index is 10.5. The van der Waals surface area contributed by atoms with Crippen molar-refractivity contribution in [3.8, 4) is 0 Å². The van der Waals surface area contributed by atoms with Crippen LogP contribution in [0.2, 0.25) is 0 Å². The van der Waals surface area contributed by atoms with Crippen LogP contribution < -0.4 is 10.2 Å². The molecule has 0 saturated heterocycles. The zero-order valence-electron chi connectivity index (χ0n) is 15.5. The summed E-state index contributed by atoms with van der Waals surface area (Å²) in [5, 5.41) is 19.0. The average molecular weight is 427 g/mol. The molecule has 0 aromatic carbocycles. The zero-order valence-corrected chi connectivity index (χ0v) is 16.5. The summed E-state index contributed by atoms with van der Waals surface area (Å²) in [6.45, 7) is 2.26. The molecule has 0 heterocycles. The second kappa shape index (κ2) is 20.5. The minimum absolute atomic E-state index is 0. The maximum atomic E-state index is 10.5. The van der Waals surface area contributed by atoms with Crippen molar-refractivity contribution in [2.24, 2.45) is 0 Å². The summed E-state index contributed by atoms with van der Waals surface area (Å²) in [5.41, 5.74) is 0. The Kier molecular flexibility index (Phi) is 23.7. The number of carboxylic acid groups (broad SMARTS) is 2. The van der Waals surface area contributed by atoms with Crippen LogP contribution in [0.5, 0.6) is 0 Å². The molecule has 0 atom stereocenters. The van der Waals surface area contributed by atoms with Crippen molar-refractivity contribution in [2.75, 3.05) is 0 Å². The molecule has 0 aliphatic carbocycles. The normalized spacial score (nSPS) is 10.5. The van der Waals surface area contributed by atoms with E-state index in [4.69, 9.17) is 9.90 Å². The fourth-order valence-electron chi connectivity index (χ4n) is 2.29. The van der Waals surface area contributed by atoms with E-state index >= 15 is 0 Å². The molecular weight excluding hydrogens is 396 g/mol. The van der Waals surface area contributed by atoms with Crippen LogP contribution in [0, 0.1) is 0 Å². The average Bonchev–Trinajstić information content (AvgIpc) is 2.51. The van der Waals surface area contributed by atoms with Crippen LogP contribution in [-0.2, 0) is 26.1 Å². The van der Waals surface area contributed by atoms with E-state index in [1.807, 2.05) is 0 Å². The largest absolute Gasteiger partial charge is 2.00 e. The summed E-state index contributed by atoms with van der Waals surface area (Å²) in [4.78, 5) is 19.0. The summed E-state index contributed by atoms with van der Waals surface area (Å²) in [6, 6.07) is 0. The van der Waals surface area contributed by atoms with E-state index in [-0.39, 0.29) is 22.9 Å². The molecule has 0 N–H and O–H groups in total. The number of unbranched alkanes of at least 4 members (excludes halogenated alkanes) is 12. The van der Waals surface area contributed by atoms with Crippen LogP contribution in [0.4, 0.5) is 13.2 Å². The van der Waals surface area contributed by atoms with Gasteiger partial charge in [0, 0.05) is 5.97 Å². The van der Waals surface area contributed by atoms with E-state index < -0.39 is 18.1 Å². The number of rotatable bonds is 14.